The van der Waals surface area contributed by atoms with E-state index in [1.807, 2.05) is 0 Å². The Morgan fingerprint density at radius 1 is 1.38 bits per heavy atom. The van der Waals surface area contributed by atoms with Gasteiger partial charge in [0.15, 0.2) is 0 Å². The molecular formula is C13H29N3. The lowest BCUT2D eigenvalue weighted by Gasteiger charge is -2.34. The predicted octanol–water partition coefficient (Wildman–Crippen LogP) is 1.26. The van der Waals surface area contributed by atoms with E-state index in [9.17, 15) is 0 Å². The summed E-state index contributed by atoms with van der Waals surface area (Å²) in [5.41, 5.74) is 0.449. The minimum atomic E-state index is 0.449. The number of hydrogen-bond acceptors (Lipinski definition) is 3. The molecule has 0 aromatic carbocycles. The third-order valence-corrected chi connectivity index (χ3v) is 3.23. The fourth-order valence-electron chi connectivity index (χ4n) is 2.11. The van der Waals surface area contributed by atoms with Crippen LogP contribution in [-0.4, -0.2) is 62.7 Å². The molecular weight excluding hydrogens is 198 g/mol. The van der Waals surface area contributed by atoms with E-state index in [1.54, 1.807) is 0 Å². The number of hydrogen-bond donors (Lipinski definition) is 1. The van der Waals surface area contributed by atoms with Crippen LogP contribution in [0.3, 0.4) is 0 Å². The summed E-state index contributed by atoms with van der Waals surface area (Å²) in [6, 6.07) is 0.642. The molecule has 16 heavy (non-hydrogen) atoms. The van der Waals surface area contributed by atoms with E-state index in [-0.39, 0.29) is 0 Å². The van der Waals surface area contributed by atoms with Crippen molar-refractivity contribution in [2.24, 2.45) is 5.41 Å². The second-order valence-corrected chi connectivity index (χ2v) is 6.49. The molecule has 1 rings (SSSR count). The highest BCUT2D eigenvalue weighted by atomic mass is 15.2. The minimum absolute atomic E-state index is 0.449. The average Bonchev–Trinajstić information content (AvgIpc) is 2.14. The summed E-state index contributed by atoms with van der Waals surface area (Å²) in [7, 11) is 4.45. The molecule has 0 aliphatic carbocycles. The molecule has 1 heterocycles. The van der Waals surface area contributed by atoms with Gasteiger partial charge in [-0.05, 0) is 32.5 Å². The summed E-state index contributed by atoms with van der Waals surface area (Å²) in [4.78, 5) is 4.88. The zero-order valence-electron chi connectivity index (χ0n) is 11.7. The topological polar surface area (TPSA) is 18.5 Å². The Bertz CT molecular complexity index is 198. The first-order valence-corrected chi connectivity index (χ1v) is 6.47. The Balaban J connectivity index is 2.20. The lowest BCUT2D eigenvalue weighted by molar-refractivity contribution is 0.184. The third kappa shape index (κ3) is 5.83. The fraction of sp³-hybridized carbons (Fsp3) is 1.00. The summed E-state index contributed by atoms with van der Waals surface area (Å²) in [5, 5.41) is 3.59. The van der Waals surface area contributed by atoms with Crippen molar-refractivity contribution in [3.8, 4) is 0 Å². The highest BCUT2D eigenvalue weighted by Crippen LogP contribution is 2.18. The van der Waals surface area contributed by atoms with Crippen LogP contribution in [0, 0.1) is 5.41 Å². The first kappa shape index (κ1) is 13.9. The van der Waals surface area contributed by atoms with E-state index in [0.717, 1.165) is 6.54 Å². The quantitative estimate of drug-likeness (QED) is 0.780. The van der Waals surface area contributed by atoms with Crippen LogP contribution in [-0.2, 0) is 0 Å². The average molecular weight is 227 g/mol. The van der Waals surface area contributed by atoms with Crippen LogP contribution in [0.1, 0.15) is 27.2 Å². The Morgan fingerprint density at radius 3 is 2.62 bits per heavy atom. The number of nitrogens with zero attached hydrogens (tertiary/aromatic N) is 2. The van der Waals surface area contributed by atoms with Crippen molar-refractivity contribution in [2.75, 3.05) is 46.8 Å². The molecule has 3 heteroatoms. The molecule has 1 atom stereocenters. The van der Waals surface area contributed by atoms with E-state index in [1.165, 1.54) is 32.6 Å². The molecule has 1 saturated heterocycles. The van der Waals surface area contributed by atoms with Crippen molar-refractivity contribution in [3.63, 3.8) is 0 Å². The van der Waals surface area contributed by atoms with Gasteiger partial charge < -0.3 is 15.1 Å². The van der Waals surface area contributed by atoms with E-state index < -0.39 is 0 Å². The molecule has 0 spiro atoms. The lowest BCUT2D eigenvalue weighted by Crippen LogP contribution is -2.53. The Hall–Kier alpha value is -0.120. The highest BCUT2D eigenvalue weighted by Gasteiger charge is 2.18. The lowest BCUT2D eigenvalue weighted by atomic mass is 9.92. The van der Waals surface area contributed by atoms with Gasteiger partial charge in [-0.25, -0.2) is 0 Å². The second-order valence-electron chi connectivity index (χ2n) is 6.49. The number of likely N-dealkylation sites (N-methyl/N-ethyl adjacent to an activating group) is 2. The maximum Gasteiger partial charge on any atom is 0.0322 e. The van der Waals surface area contributed by atoms with Gasteiger partial charge in [-0.2, -0.15) is 0 Å². The SMILES string of the molecule is CN1CCNC(CN(C)CCC(C)(C)C)C1. The zero-order valence-corrected chi connectivity index (χ0v) is 11.7. The number of piperazine rings is 1. The van der Waals surface area contributed by atoms with Crippen molar-refractivity contribution < 1.29 is 0 Å². The van der Waals surface area contributed by atoms with Gasteiger partial charge in [0, 0.05) is 32.2 Å². The molecule has 0 aromatic rings. The second kappa shape index (κ2) is 5.99. The van der Waals surface area contributed by atoms with Crippen molar-refractivity contribution in [3.05, 3.63) is 0 Å². The summed E-state index contributed by atoms with van der Waals surface area (Å²) in [6.07, 6.45) is 1.27. The molecule has 96 valence electrons. The molecule has 1 unspecified atom stereocenters. The van der Waals surface area contributed by atoms with E-state index in [0.29, 0.717) is 11.5 Å². The molecule has 0 radical (unpaired) electrons. The molecule has 3 nitrogen and oxygen atoms in total. The molecule has 0 aromatic heterocycles. The van der Waals surface area contributed by atoms with E-state index in [4.69, 9.17) is 0 Å². The van der Waals surface area contributed by atoms with E-state index in [2.05, 4.69) is 50.0 Å². The van der Waals surface area contributed by atoms with Crippen LogP contribution in [0.4, 0.5) is 0 Å². The zero-order chi connectivity index (χ0) is 12.2. The maximum absolute atomic E-state index is 3.59. The summed E-state index contributed by atoms with van der Waals surface area (Å²) in [5.74, 6) is 0. The molecule has 0 saturated carbocycles. The van der Waals surface area contributed by atoms with Gasteiger partial charge in [-0.15, -0.1) is 0 Å². The van der Waals surface area contributed by atoms with Gasteiger partial charge in [0.1, 0.15) is 0 Å². The number of rotatable bonds is 4. The Labute approximate surface area is 101 Å². The minimum Gasteiger partial charge on any atom is -0.310 e. The molecule has 0 bridgehead atoms. The Kier molecular flexibility index (Phi) is 5.22. The van der Waals surface area contributed by atoms with Crippen LogP contribution in [0.2, 0.25) is 0 Å². The number of nitrogens with one attached hydrogen (secondary N) is 1. The third-order valence-electron chi connectivity index (χ3n) is 3.23. The standard InChI is InChI=1S/C13H29N3/c1-13(2,3)6-8-15(4)10-12-11-16(5)9-7-14-12/h12,14H,6-11H2,1-5H3. The van der Waals surface area contributed by atoms with Gasteiger partial charge in [0.2, 0.25) is 0 Å². The Morgan fingerprint density at radius 2 is 2.06 bits per heavy atom. The largest absolute Gasteiger partial charge is 0.310 e. The van der Waals surface area contributed by atoms with Gasteiger partial charge in [0.25, 0.3) is 0 Å². The summed E-state index contributed by atoms with van der Waals surface area (Å²) >= 11 is 0. The molecule has 1 fully saturated rings. The fourth-order valence-corrected chi connectivity index (χ4v) is 2.11. The van der Waals surface area contributed by atoms with Crippen molar-refractivity contribution in [1.29, 1.82) is 0 Å². The highest BCUT2D eigenvalue weighted by molar-refractivity contribution is 4.79. The van der Waals surface area contributed by atoms with Gasteiger partial charge in [-0.1, -0.05) is 20.8 Å². The van der Waals surface area contributed by atoms with Gasteiger partial charge >= 0.3 is 0 Å². The van der Waals surface area contributed by atoms with Crippen LogP contribution in [0.15, 0.2) is 0 Å². The first-order chi connectivity index (χ1) is 7.37. The monoisotopic (exact) mass is 227 g/mol. The van der Waals surface area contributed by atoms with Crippen molar-refractivity contribution in [2.45, 2.75) is 33.2 Å². The van der Waals surface area contributed by atoms with E-state index >= 15 is 0 Å². The molecule has 0 amide bonds. The molecule has 1 aliphatic heterocycles. The van der Waals surface area contributed by atoms with Gasteiger partial charge in [0.05, 0.1) is 0 Å². The van der Waals surface area contributed by atoms with Crippen LogP contribution >= 0.6 is 0 Å². The van der Waals surface area contributed by atoms with Crippen molar-refractivity contribution in [1.82, 2.24) is 15.1 Å². The molecule has 1 aliphatic rings. The normalized spacial score (nSPS) is 24.0. The first-order valence-electron chi connectivity index (χ1n) is 6.47. The maximum atomic E-state index is 3.59. The van der Waals surface area contributed by atoms with Crippen LogP contribution in [0.5, 0.6) is 0 Å². The van der Waals surface area contributed by atoms with Gasteiger partial charge in [-0.3, -0.25) is 0 Å². The predicted molar refractivity (Wildman–Crippen MR) is 70.9 cm³/mol. The van der Waals surface area contributed by atoms with Crippen LogP contribution < -0.4 is 5.32 Å². The smallest absolute Gasteiger partial charge is 0.0322 e. The molecule has 1 N–H and O–H groups in total. The van der Waals surface area contributed by atoms with Crippen LogP contribution in [0.25, 0.3) is 0 Å². The summed E-state index contributed by atoms with van der Waals surface area (Å²) in [6.45, 7) is 12.8. The van der Waals surface area contributed by atoms with Crippen molar-refractivity contribution >= 4 is 0 Å². The summed E-state index contributed by atoms with van der Waals surface area (Å²) < 4.78 is 0.